The van der Waals surface area contributed by atoms with E-state index >= 15 is 0 Å². The first-order valence-corrected chi connectivity index (χ1v) is 9.05. The highest BCUT2D eigenvalue weighted by molar-refractivity contribution is 7.22. The first-order chi connectivity index (χ1) is 12.2. The van der Waals surface area contributed by atoms with Gasteiger partial charge < -0.3 is 14.8 Å². The standard InChI is InChI=1S/C19H20N2O3S/c1-3-23-14-10-8-13(9-11-14)12-17(22)20-19-21-18-15(24-4-2)6-5-7-16(18)25-19/h5-11H,3-4,12H2,1-2H3,(H,20,21,22). The van der Waals surface area contributed by atoms with E-state index in [0.29, 0.717) is 24.8 Å². The van der Waals surface area contributed by atoms with Crippen molar-refractivity contribution in [1.29, 1.82) is 0 Å². The summed E-state index contributed by atoms with van der Waals surface area (Å²) in [4.78, 5) is 16.8. The van der Waals surface area contributed by atoms with E-state index in [9.17, 15) is 4.79 Å². The van der Waals surface area contributed by atoms with Crippen molar-refractivity contribution in [3.63, 3.8) is 0 Å². The molecule has 1 heterocycles. The van der Waals surface area contributed by atoms with E-state index in [1.165, 1.54) is 11.3 Å². The Morgan fingerprint density at radius 1 is 1.08 bits per heavy atom. The number of benzene rings is 2. The normalized spacial score (nSPS) is 10.6. The molecule has 0 saturated heterocycles. The molecule has 0 aliphatic rings. The van der Waals surface area contributed by atoms with Gasteiger partial charge in [0.15, 0.2) is 5.13 Å². The van der Waals surface area contributed by atoms with E-state index in [-0.39, 0.29) is 5.91 Å². The number of anilines is 1. The highest BCUT2D eigenvalue weighted by atomic mass is 32.1. The first kappa shape index (κ1) is 17.2. The SMILES string of the molecule is CCOc1ccc(CC(=O)Nc2nc3c(OCC)cccc3s2)cc1. The van der Waals surface area contributed by atoms with Crippen LogP contribution in [0.1, 0.15) is 19.4 Å². The second-order valence-corrected chi connectivity index (χ2v) is 6.39. The third kappa shape index (κ3) is 4.28. The Labute approximate surface area is 150 Å². The van der Waals surface area contributed by atoms with Crippen molar-refractivity contribution >= 4 is 32.6 Å². The van der Waals surface area contributed by atoms with E-state index in [1.54, 1.807) is 0 Å². The maximum absolute atomic E-state index is 12.3. The summed E-state index contributed by atoms with van der Waals surface area (Å²) in [5, 5.41) is 3.45. The van der Waals surface area contributed by atoms with Crippen LogP contribution in [-0.4, -0.2) is 24.1 Å². The van der Waals surface area contributed by atoms with Gasteiger partial charge in [-0.1, -0.05) is 29.5 Å². The third-order valence-electron chi connectivity index (χ3n) is 3.53. The van der Waals surface area contributed by atoms with Crippen molar-refractivity contribution in [3.05, 3.63) is 48.0 Å². The number of ether oxygens (including phenoxy) is 2. The van der Waals surface area contributed by atoms with Crippen LogP contribution in [0.5, 0.6) is 11.5 Å². The van der Waals surface area contributed by atoms with Crippen LogP contribution in [-0.2, 0) is 11.2 Å². The van der Waals surface area contributed by atoms with Gasteiger partial charge in [-0.25, -0.2) is 4.98 Å². The molecular weight excluding hydrogens is 336 g/mol. The molecule has 3 aromatic rings. The van der Waals surface area contributed by atoms with Crippen molar-refractivity contribution in [2.45, 2.75) is 20.3 Å². The Hall–Kier alpha value is -2.60. The zero-order chi connectivity index (χ0) is 17.6. The predicted molar refractivity (Wildman–Crippen MR) is 101 cm³/mol. The molecule has 6 heteroatoms. The maximum atomic E-state index is 12.3. The predicted octanol–water partition coefficient (Wildman–Crippen LogP) is 4.27. The molecular formula is C19H20N2O3S. The van der Waals surface area contributed by atoms with Crippen molar-refractivity contribution in [1.82, 2.24) is 4.98 Å². The summed E-state index contributed by atoms with van der Waals surface area (Å²) in [6.07, 6.45) is 0.292. The molecule has 0 spiro atoms. The number of carbonyl (C=O) groups excluding carboxylic acids is 1. The second kappa shape index (κ2) is 7.98. The fraction of sp³-hybridized carbons (Fsp3) is 0.263. The fourth-order valence-electron chi connectivity index (χ4n) is 2.47. The largest absolute Gasteiger partial charge is 0.494 e. The Bertz CT molecular complexity index is 859. The Morgan fingerprint density at radius 2 is 1.84 bits per heavy atom. The van der Waals surface area contributed by atoms with E-state index in [1.807, 2.05) is 56.3 Å². The average Bonchev–Trinajstić information content (AvgIpc) is 3.00. The van der Waals surface area contributed by atoms with Crippen LogP contribution in [0.15, 0.2) is 42.5 Å². The summed E-state index contributed by atoms with van der Waals surface area (Å²) in [6, 6.07) is 13.3. The summed E-state index contributed by atoms with van der Waals surface area (Å²) < 4.78 is 12.0. The summed E-state index contributed by atoms with van der Waals surface area (Å²) in [7, 11) is 0. The van der Waals surface area contributed by atoms with Crippen LogP contribution in [0.25, 0.3) is 10.2 Å². The maximum Gasteiger partial charge on any atom is 0.230 e. The van der Waals surface area contributed by atoms with Crippen LogP contribution >= 0.6 is 11.3 Å². The number of rotatable bonds is 7. The number of aromatic nitrogens is 1. The van der Waals surface area contributed by atoms with Gasteiger partial charge >= 0.3 is 0 Å². The molecule has 130 valence electrons. The molecule has 3 rings (SSSR count). The molecule has 25 heavy (non-hydrogen) atoms. The third-order valence-corrected chi connectivity index (χ3v) is 4.46. The Kier molecular flexibility index (Phi) is 5.50. The molecule has 1 N–H and O–H groups in total. The van der Waals surface area contributed by atoms with Crippen molar-refractivity contribution in [2.75, 3.05) is 18.5 Å². The van der Waals surface area contributed by atoms with Gasteiger partial charge in [0.2, 0.25) is 5.91 Å². The van der Waals surface area contributed by atoms with Gasteiger partial charge in [-0.15, -0.1) is 0 Å². The van der Waals surface area contributed by atoms with Gasteiger partial charge in [-0.2, -0.15) is 0 Å². The van der Waals surface area contributed by atoms with Crippen LogP contribution in [0.4, 0.5) is 5.13 Å². The average molecular weight is 356 g/mol. The van der Waals surface area contributed by atoms with Gasteiger partial charge in [-0.05, 0) is 43.7 Å². The molecule has 0 aliphatic carbocycles. The lowest BCUT2D eigenvalue weighted by Crippen LogP contribution is -2.14. The summed E-state index contributed by atoms with van der Waals surface area (Å²) >= 11 is 1.44. The van der Waals surface area contributed by atoms with Gasteiger partial charge in [0.1, 0.15) is 17.0 Å². The van der Waals surface area contributed by atoms with E-state index in [2.05, 4.69) is 10.3 Å². The minimum Gasteiger partial charge on any atom is -0.494 e. The van der Waals surface area contributed by atoms with Gasteiger partial charge in [0.05, 0.1) is 24.3 Å². The molecule has 0 fully saturated rings. The van der Waals surface area contributed by atoms with E-state index in [4.69, 9.17) is 9.47 Å². The van der Waals surface area contributed by atoms with E-state index < -0.39 is 0 Å². The number of thiazole rings is 1. The van der Waals surface area contributed by atoms with Crippen molar-refractivity contribution in [3.8, 4) is 11.5 Å². The number of hydrogen-bond donors (Lipinski definition) is 1. The van der Waals surface area contributed by atoms with Crippen LogP contribution in [0.3, 0.4) is 0 Å². The molecule has 0 radical (unpaired) electrons. The minimum absolute atomic E-state index is 0.0961. The van der Waals surface area contributed by atoms with Crippen LogP contribution in [0.2, 0.25) is 0 Å². The number of para-hydroxylation sites is 1. The van der Waals surface area contributed by atoms with Gasteiger partial charge in [0, 0.05) is 0 Å². The van der Waals surface area contributed by atoms with Crippen LogP contribution in [0, 0.1) is 0 Å². The quantitative estimate of drug-likeness (QED) is 0.686. The lowest BCUT2D eigenvalue weighted by Gasteiger charge is -2.05. The molecule has 2 aromatic carbocycles. The number of nitrogens with zero attached hydrogens (tertiary/aromatic N) is 1. The first-order valence-electron chi connectivity index (χ1n) is 8.23. The summed E-state index contributed by atoms with van der Waals surface area (Å²) in [5.41, 5.74) is 1.71. The van der Waals surface area contributed by atoms with Crippen molar-refractivity contribution < 1.29 is 14.3 Å². The van der Waals surface area contributed by atoms with E-state index in [0.717, 1.165) is 27.3 Å². The lowest BCUT2D eigenvalue weighted by atomic mass is 10.1. The van der Waals surface area contributed by atoms with Crippen LogP contribution < -0.4 is 14.8 Å². The minimum atomic E-state index is -0.0961. The molecule has 5 nitrogen and oxygen atoms in total. The Morgan fingerprint density at radius 3 is 2.56 bits per heavy atom. The second-order valence-electron chi connectivity index (χ2n) is 5.36. The summed E-state index contributed by atoms with van der Waals surface area (Å²) in [5.74, 6) is 1.45. The van der Waals surface area contributed by atoms with Gasteiger partial charge in [0.25, 0.3) is 0 Å². The Balaban J connectivity index is 1.68. The number of fused-ring (bicyclic) bond motifs is 1. The highest BCUT2D eigenvalue weighted by Crippen LogP contribution is 2.32. The molecule has 1 aromatic heterocycles. The summed E-state index contributed by atoms with van der Waals surface area (Å²) in [6.45, 7) is 5.08. The number of hydrogen-bond acceptors (Lipinski definition) is 5. The smallest absolute Gasteiger partial charge is 0.230 e. The number of carbonyl (C=O) groups is 1. The lowest BCUT2D eigenvalue weighted by molar-refractivity contribution is -0.115. The molecule has 0 unspecified atom stereocenters. The number of nitrogens with one attached hydrogen (secondary N) is 1. The fourth-order valence-corrected chi connectivity index (χ4v) is 3.37. The molecule has 0 saturated carbocycles. The zero-order valence-electron chi connectivity index (χ0n) is 14.2. The topological polar surface area (TPSA) is 60.5 Å². The van der Waals surface area contributed by atoms with Crippen molar-refractivity contribution in [2.24, 2.45) is 0 Å². The zero-order valence-corrected chi connectivity index (χ0v) is 15.1. The molecule has 1 amide bonds. The molecule has 0 aliphatic heterocycles. The highest BCUT2D eigenvalue weighted by Gasteiger charge is 2.11. The molecule has 0 bridgehead atoms. The van der Waals surface area contributed by atoms with Gasteiger partial charge in [-0.3, -0.25) is 4.79 Å². The monoisotopic (exact) mass is 356 g/mol. The number of amides is 1. The molecule has 0 atom stereocenters.